The Kier molecular flexibility index (Phi) is 6.32. The van der Waals surface area contributed by atoms with Crippen molar-refractivity contribution < 1.29 is 16.8 Å². The van der Waals surface area contributed by atoms with Crippen LogP contribution in [0.2, 0.25) is 0 Å². The van der Waals surface area contributed by atoms with Gasteiger partial charge in [0.25, 0.3) is 0 Å². The average molecular weight is 442 g/mol. The minimum Gasteiger partial charge on any atom is -0.298 e. The normalized spacial score (nSPS) is 23.7. The van der Waals surface area contributed by atoms with Crippen LogP contribution in [0.25, 0.3) is 0 Å². The van der Waals surface area contributed by atoms with Gasteiger partial charge in [-0.1, -0.05) is 25.7 Å². The van der Waals surface area contributed by atoms with Crippen LogP contribution in [0.15, 0.2) is 34.1 Å². The van der Waals surface area contributed by atoms with Crippen molar-refractivity contribution in [2.45, 2.75) is 73.2 Å². The van der Waals surface area contributed by atoms with Crippen molar-refractivity contribution in [1.29, 1.82) is 0 Å². The van der Waals surface area contributed by atoms with Gasteiger partial charge in [-0.25, -0.2) is 21.6 Å². The highest BCUT2D eigenvalue weighted by Crippen LogP contribution is 2.26. The van der Waals surface area contributed by atoms with Gasteiger partial charge in [-0.3, -0.25) is 4.90 Å². The summed E-state index contributed by atoms with van der Waals surface area (Å²) in [5.41, 5.74) is 0. The van der Waals surface area contributed by atoms with E-state index in [2.05, 4.69) is 9.62 Å². The number of hydrogen-bond donors (Lipinski definition) is 1. The monoisotopic (exact) mass is 441 g/mol. The highest BCUT2D eigenvalue weighted by atomic mass is 32.2. The zero-order valence-electron chi connectivity index (χ0n) is 16.8. The van der Waals surface area contributed by atoms with Crippen molar-refractivity contribution in [3.05, 3.63) is 24.3 Å². The van der Waals surface area contributed by atoms with Gasteiger partial charge in [0.15, 0.2) is 0 Å². The van der Waals surface area contributed by atoms with E-state index in [4.69, 9.17) is 0 Å². The lowest BCUT2D eigenvalue weighted by Crippen LogP contribution is -2.51. The minimum absolute atomic E-state index is 0.0143. The molecular formula is C20H31N3O4S2. The molecular weight excluding hydrogens is 410 g/mol. The third-order valence-electron chi connectivity index (χ3n) is 6.56. The maximum absolute atomic E-state index is 13.0. The van der Waals surface area contributed by atoms with E-state index in [1.165, 1.54) is 54.3 Å². The summed E-state index contributed by atoms with van der Waals surface area (Å²) >= 11 is 0. The Morgan fingerprint density at radius 1 is 0.724 bits per heavy atom. The van der Waals surface area contributed by atoms with Gasteiger partial charge in [-0.15, -0.1) is 0 Å². The van der Waals surface area contributed by atoms with Gasteiger partial charge < -0.3 is 0 Å². The summed E-state index contributed by atoms with van der Waals surface area (Å²) in [6.07, 6.45) is 8.78. The van der Waals surface area contributed by atoms with E-state index in [0.29, 0.717) is 19.1 Å². The fourth-order valence-corrected chi connectivity index (χ4v) is 7.58. The zero-order chi connectivity index (χ0) is 20.5. The summed E-state index contributed by atoms with van der Waals surface area (Å²) < 4.78 is 55.3. The first-order valence-electron chi connectivity index (χ1n) is 10.7. The molecule has 0 amide bonds. The van der Waals surface area contributed by atoms with E-state index in [-0.39, 0.29) is 15.8 Å². The molecule has 9 heteroatoms. The molecule has 2 aliphatic carbocycles. The van der Waals surface area contributed by atoms with Crippen molar-refractivity contribution in [3.63, 3.8) is 0 Å². The third-order valence-corrected chi connectivity index (χ3v) is 10.0. The molecule has 1 aliphatic heterocycles. The van der Waals surface area contributed by atoms with Gasteiger partial charge >= 0.3 is 0 Å². The van der Waals surface area contributed by atoms with Crippen LogP contribution in [0.3, 0.4) is 0 Å². The zero-order valence-corrected chi connectivity index (χ0v) is 18.4. The Balaban J connectivity index is 1.41. The summed E-state index contributed by atoms with van der Waals surface area (Å²) in [5.74, 6) is 0. The number of hydrogen-bond acceptors (Lipinski definition) is 5. The van der Waals surface area contributed by atoms with Crippen LogP contribution in [-0.2, 0) is 20.0 Å². The smallest absolute Gasteiger partial charge is 0.243 e. The molecule has 1 aromatic carbocycles. The minimum atomic E-state index is -3.61. The molecule has 3 aliphatic rings. The summed E-state index contributed by atoms with van der Waals surface area (Å²) in [7, 11) is -7.21. The molecule has 162 valence electrons. The largest absolute Gasteiger partial charge is 0.298 e. The first kappa shape index (κ1) is 21.2. The second-order valence-electron chi connectivity index (χ2n) is 8.45. The number of nitrogens with one attached hydrogen (secondary N) is 1. The van der Waals surface area contributed by atoms with E-state index in [0.717, 1.165) is 38.8 Å². The highest BCUT2D eigenvalue weighted by molar-refractivity contribution is 7.89. The number of nitrogens with zero attached hydrogens (tertiary/aromatic N) is 2. The molecule has 0 atom stereocenters. The summed E-state index contributed by atoms with van der Waals surface area (Å²) in [5, 5.41) is 0. The molecule has 1 aromatic rings. The molecule has 29 heavy (non-hydrogen) atoms. The Bertz CT molecular complexity index is 896. The second kappa shape index (κ2) is 8.63. The quantitative estimate of drug-likeness (QED) is 0.731. The Hall–Kier alpha value is -1.00. The third kappa shape index (κ3) is 4.69. The molecule has 4 rings (SSSR count). The SMILES string of the molecule is O=S(=O)(NC1CCCC1)c1ccc(S(=O)(=O)N2CCN(C3CCCC3)CC2)cc1. The number of rotatable bonds is 6. The molecule has 0 radical (unpaired) electrons. The Labute approximate surface area is 174 Å². The summed E-state index contributed by atoms with van der Waals surface area (Å²) in [4.78, 5) is 2.70. The van der Waals surface area contributed by atoms with Crippen LogP contribution in [0, 0.1) is 0 Å². The van der Waals surface area contributed by atoms with Crippen LogP contribution in [0.4, 0.5) is 0 Å². The van der Waals surface area contributed by atoms with Crippen molar-refractivity contribution in [2.75, 3.05) is 26.2 Å². The molecule has 7 nitrogen and oxygen atoms in total. The van der Waals surface area contributed by atoms with Crippen LogP contribution < -0.4 is 4.72 Å². The lowest BCUT2D eigenvalue weighted by atomic mass is 10.2. The van der Waals surface area contributed by atoms with Gasteiger partial charge in [0.1, 0.15) is 0 Å². The van der Waals surface area contributed by atoms with E-state index in [9.17, 15) is 16.8 Å². The van der Waals surface area contributed by atoms with Gasteiger partial charge in [0, 0.05) is 38.3 Å². The number of sulfonamides is 2. The fourth-order valence-electron chi connectivity index (χ4n) is 4.85. The maximum Gasteiger partial charge on any atom is 0.243 e. The molecule has 0 bridgehead atoms. The average Bonchev–Trinajstić information content (AvgIpc) is 3.42. The number of piperazine rings is 1. The van der Waals surface area contributed by atoms with E-state index < -0.39 is 20.0 Å². The lowest BCUT2D eigenvalue weighted by Gasteiger charge is -2.37. The summed E-state index contributed by atoms with van der Waals surface area (Å²) in [6.45, 7) is 2.51. The molecule has 0 spiro atoms. The molecule has 1 saturated heterocycles. The highest BCUT2D eigenvalue weighted by Gasteiger charge is 2.32. The molecule has 0 aromatic heterocycles. The molecule has 1 heterocycles. The van der Waals surface area contributed by atoms with E-state index in [1.54, 1.807) is 0 Å². The lowest BCUT2D eigenvalue weighted by molar-refractivity contribution is 0.139. The van der Waals surface area contributed by atoms with Crippen LogP contribution >= 0.6 is 0 Å². The van der Waals surface area contributed by atoms with Crippen LogP contribution in [0.1, 0.15) is 51.4 Å². The van der Waals surface area contributed by atoms with E-state index >= 15 is 0 Å². The summed E-state index contributed by atoms with van der Waals surface area (Å²) in [6, 6.07) is 6.23. The van der Waals surface area contributed by atoms with Gasteiger partial charge in [-0.05, 0) is 49.9 Å². The molecule has 0 unspecified atom stereocenters. The Morgan fingerprint density at radius 2 is 1.24 bits per heavy atom. The van der Waals surface area contributed by atoms with Crippen LogP contribution in [-0.4, -0.2) is 64.3 Å². The fraction of sp³-hybridized carbons (Fsp3) is 0.700. The van der Waals surface area contributed by atoms with Gasteiger partial charge in [0.2, 0.25) is 20.0 Å². The standard InChI is InChI=1S/C20H31N3O4S2/c24-28(25,21-17-5-1-2-6-17)19-9-11-20(12-10-19)29(26,27)23-15-13-22(14-16-23)18-7-3-4-8-18/h9-12,17-18,21H,1-8,13-16H2. The first-order chi connectivity index (χ1) is 13.9. The molecule has 1 N–H and O–H groups in total. The van der Waals surface area contributed by atoms with Crippen LogP contribution in [0.5, 0.6) is 0 Å². The van der Waals surface area contributed by atoms with Crippen molar-refractivity contribution in [2.24, 2.45) is 0 Å². The topological polar surface area (TPSA) is 86.8 Å². The predicted molar refractivity (Wildman–Crippen MR) is 112 cm³/mol. The number of benzene rings is 1. The first-order valence-corrected chi connectivity index (χ1v) is 13.7. The van der Waals surface area contributed by atoms with Crippen molar-refractivity contribution >= 4 is 20.0 Å². The van der Waals surface area contributed by atoms with E-state index in [1.807, 2.05) is 0 Å². The molecule has 3 fully saturated rings. The maximum atomic E-state index is 13.0. The predicted octanol–water partition coefficient (Wildman–Crippen LogP) is 2.16. The van der Waals surface area contributed by atoms with Gasteiger partial charge in [-0.2, -0.15) is 4.31 Å². The molecule has 2 saturated carbocycles. The van der Waals surface area contributed by atoms with Crippen molar-refractivity contribution in [1.82, 2.24) is 13.9 Å². The van der Waals surface area contributed by atoms with Gasteiger partial charge in [0.05, 0.1) is 9.79 Å². The van der Waals surface area contributed by atoms with Crippen molar-refractivity contribution in [3.8, 4) is 0 Å². The Morgan fingerprint density at radius 3 is 1.83 bits per heavy atom. The second-order valence-corrected chi connectivity index (χ2v) is 12.1.